The third kappa shape index (κ3) is 8.98. The van der Waals surface area contributed by atoms with Gasteiger partial charge in [0.15, 0.2) is 0 Å². The van der Waals surface area contributed by atoms with Crippen LogP contribution in [-0.2, 0) is 4.74 Å². The second-order valence-electron chi connectivity index (χ2n) is 6.05. The standard InChI is InChI=1S/C13H28N2O2/c1-9(2)11(15-10(3)4)8-14-12(16)17-13(5,6)7/h9-11,15H,8H2,1-7H3,(H,14,16). The highest BCUT2D eigenvalue weighted by Crippen LogP contribution is 2.07. The molecule has 0 aliphatic carbocycles. The van der Waals surface area contributed by atoms with Crippen molar-refractivity contribution in [1.29, 1.82) is 0 Å². The lowest BCUT2D eigenvalue weighted by atomic mass is 10.0. The van der Waals surface area contributed by atoms with Crippen molar-refractivity contribution in [1.82, 2.24) is 10.6 Å². The highest BCUT2D eigenvalue weighted by molar-refractivity contribution is 5.67. The maximum absolute atomic E-state index is 11.5. The summed E-state index contributed by atoms with van der Waals surface area (Å²) in [7, 11) is 0. The fraction of sp³-hybridized carbons (Fsp3) is 0.923. The monoisotopic (exact) mass is 244 g/mol. The second kappa shape index (κ2) is 6.84. The van der Waals surface area contributed by atoms with Gasteiger partial charge in [0.1, 0.15) is 5.60 Å². The minimum Gasteiger partial charge on any atom is -0.444 e. The Morgan fingerprint density at radius 1 is 1.18 bits per heavy atom. The summed E-state index contributed by atoms with van der Waals surface area (Å²) in [6, 6.07) is 0.672. The predicted molar refractivity (Wildman–Crippen MR) is 71.1 cm³/mol. The molecule has 4 heteroatoms. The molecule has 17 heavy (non-hydrogen) atoms. The Morgan fingerprint density at radius 3 is 2.06 bits per heavy atom. The van der Waals surface area contributed by atoms with Gasteiger partial charge in [-0.15, -0.1) is 0 Å². The first kappa shape index (κ1) is 16.2. The van der Waals surface area contributed by atoms with Crippen molar-refractivity contribution >= 4 is 6.09 Å². The van der Waals surface area contributed by atoms with Crippen LogP contribution < -0.4 is 10.6 Å². The first-order chi connectivity index (χ1) is 7.61. The summed E-state index contributed by atoms with van der Waals surface area (Å²) in [6.07, 6.45) is -0.353. The normalized spacial score (nSPS) is 13.9. The van der Waals surface area contributed by atoms with Crippen molar-refractivity contribution in [2.75, 3.05) is 6.54 Å². The Kier molecular flexibility index (Phi) is 6.53. The zero-order valence-corrected chi connectivity index (χ0v) is 12.3. The number of alkyl carbamates (subject to hydrolysis) is 1. The Balaban J connectivity index is 4.09. The highest BCUT2D eigenvalue weighted by Gasteiger charge is 2.19. The van der Waals surface area contributed by atoms with Crippen LogP contribution in [0.1, 0.15) is 48.5 Å². The van der Waals surface area contributed by atoms with E-state index >= 15 is 0 Å². The molecule has 0 aromatic rings. The lowest BCUT2D eigenvalue weighted by Gasteiger charge is -2.26. The van der Waals surface area contributed by atoms with Crippen LogP contribution in [0.15, 0.2) is 0 Å². The van der Waals surface area contributed by atoms with Gasteiger partial charge in [0.05, 0.1) is 0 Å². The number of nitrogens with one attached hydrogen (secondary N) is 2. The molecule has 2 N–H and O–H groups in total. The van der Waals surface area contributed by atoms with E-state index in [9.17, 15) is 4.79 Å². The van der Waals surface area contributed by atoms with Crippen LogP contribution in [0.5, 0.6) is 0 Å². The number of amides is 1. The molecule has 0 bridgehead atoms. The summed E-state index contributed by atoms with van der Waals surface area (Å²) in [4.78, 5) is 11.5. The van der Waals surface area contributed by atoms with Crippen LogP contribution in [-0.4, -0.2) is 30.3 Å². The molecule has 1 amide bonds. The summed E-state index contributed by atoms with van der Waals surface area (Å²) < 4.78 is 5.20. The number of carbonyl (C=O) groups is 1. The molecule has 0 fully saturated rings. The molecule has 0 spiro atoms. The van der Waals surface area contributed by atoms with Gasteiger partial charge in [-0.3, -0.25) is 0 Å². The molecule has 0 heterocycles. The van der Waals surface area contributed by atoms with Gasteiger partial charge in [-0.05, 0) is 26.7 Å². The molecular weight excluding hydrogens is 216 g/mol. The SMILES string of the molecule is CC(C)NC(CNC(=O)OC(C)(C)C)C(C)C. The Morgan fingerprint density at radius 2 is 1.71 bits per heavy atom. The molecule has 102 valence electrons. The maximum Gasteiger partial charge on any atom is 0.407 e. The Hall–Kier alpha value is -0.770. The average molecular weight is 244 g/mol. The summed E-state index contributed by atoms with van der Waals surface area (Å²) in [6.45, 7) is 14.6. The van der Waals surface area contributed by atoms with E-state index in [2.05, 4.69) is 38.3 Å². The predicted octanol–water partition coefficient (Wildman–Crippen LogP) is 2.53. The van der Waals surface area contributed by atoms with Crippen molar-refractivity contribution < 1.29 is 9.53 Å². The van der Waals surface area contributed by atoms with E-state index in [1.54, 1.807) is 0 Å². The molecule has 4 nitrogen and oxygen atoms in total. The first-order valence-corrected chi connectivity index (χ1v) is 6.34. The highest BCUT2D eigenvalue weighted by atomic mass is 16.6. The van der Waals surface area contributed by atoms with Gasteiger partial charge in [0.25, 0.3) is 0 Å². The topological polar surface area (TPSA) is 50.4 Å². The van der Waals surface area contributed by atoms with Crippen LogP contribution >= 0.6 is 0 Å². The average Bonchev–Trinajstić information content (AvgIpc) is 2.08. The molecule has 1 unspecified atom stereocenters. The number of hydrogen-bond acceptors (Lipinski definition) is 3. The number of carbonyl (C=O) groups excluding carboxylic acids is 1. The first-order valence-electron chi connectivity index (χ1n) is 6.34. The van der Waals surface area contributed by atoms with Crippen molar-refractivity contribution in [3.05, 3.63) is 0 Å². The van der Waals surface area contributed by atoms with Crippen molar-refractivity contribution in [2.24, 2.45) is 5.92 Å². The van der Waals surface area contributed by atoms with Gasteiger partial charge in [-0.1, -0.05) is 27.7 Å². The smallest absolute Gasteiger partial charge is 0.407 e. The number of ether oxygens (including phenoxy) is 1. The van der Waals surface area contributed by atoms with Gasteiger partial charge < -0.3 is 15.4 Å². The Labute approximate surface area is 105 Å². The fourth-order valence-electron chi connectivity index (χ4n) is 1.42. The van der Waals surface area contributed by atoms with Crippen LogP contribution in [0.4, 0.5) is 4.79 Å². The van der Waals surface area contributed by atoms with E-state index in [1.807, 2.05) is 20.8 Å². The van der Waals surface area contributed by atoms with Crippen molar-refractivity contribution in [3.63, 3.8) is 0 Å². The fourth-order valence-corrected chi connectivity index (χ4v) is 1.42. The van der Waals surface area contributed by atoms with E-state index in [0.29, 0.717) is 18.5 Å². The minimum absolute atomic E-state index is 0.266. The van der Waals surface area contributed by atoms with Crippen LogP contribution in [0.2, 0.25) is 0 Å². The number of rotatable bonds is 5. The summed E-state index contributed by atoms with van der Waals surface area (Å²) in [5.74, 6) is 0.465. The van der Waals surface area contributed by atoms with Crippen molar-refractivity contribution in [2.45, 2.75) is 66.2 Å². The molecule has 0 saturated carbocycles. The molecular formula is C13H28N2O2. The summed E-state index contributed by atoms with van der Waals surface area (Å²) in [5.41, 5.74) is -0.442. The van der Waals surface area contributed by atoms with Gasteiger partial charge in [0, 0.05) is 18.6 Å². The lowest BCUT2D eigenvalue weighted by Crippen LogP contribution is -2.47. The van der Waals surface area contributed by atoms with Gasteiger partial charge >= 0.3 is 6.09 Å². The third-order valence-corrected chi connectivity index (χ3v) is 2.22. The van der Waals surface area contributed by atoms with Gasteiger partial charge in [-0.25, -0.2) is 4.79 Å². The molecule has 0 aliphatic heterocycles. The molecule has 1 atom stereocenters. The molecule has 0 radical (unpaired) electrons. The zero-order chi connectivity index (χ0) is 13.6. The van der Waals surface area contributed by atoms with Gasteiger partial charge in [-0.2, -0.15) is 0 Å². The van der Waals surface area contributed by atoms with Crippen LogP contribution in [0.3, 0.4) is 0 Å². The summed E-state index contributed by atoms with van der Waals surface area (Å²) in [5, 5.41) is 6.23. The molecule has 0 saturated heterocycles. The quantitative estimate of drug-likeness (QED) is 0.781. The van der Waals surface area contributed by atoms with Crippen molar-refractivity contribution in [3.8, 4) is 0 Å². The van der Waals surface area contributed by atoms with Gasteiger partial charge in [0.2, 0.25) is 0 Å². The largest absolute Gasteiger partial charge is 0.444 e. The maximum atomic E-state index is 11.5. The second-order valence-corrected chi connectivity index (χ2v) is 6.05. The number of hydrogen-bond donors (Lipinski definition) is 2. The molecule has 0 aliphatic rings. The Bertz CT molecular complexity index is 232. The van der Waals surface area contributed by atoms with E-state index in [0.717, 1.165) is 0 Å². The minimum atomic E-state index is -0.442. The van der Waals surface area contributed by atoms with E-state index in [1.165, 1.54) is 0 Å². The van der Waals surface area contributed by atoms with E-state index < -0.39 is 5.60 Å². The molecule has 0 aromatic carbocycles. The lowest BCUT2D eigenvalue weighted by molar-refractivity contribution is 0.0518. The van der Waals surface area contributed by atoms with Crippen LogP contribution in [0.25, 0.3) is 0 Å². The summed E-state index contributed by atoms with van der Waals surface area (Å²) >= 11 is 0. The third-order valence-electron chi connectivity index (χ3n) is 2.22. The van der Waals surface area contributed by atoms with Crippen LogP contribution in [0, 0.1) is 5.92 Å². The molecule has 0 aromatic heterocycles. The molecule has 0 rings (SSSR count). The zero-order valence-electron chi connectivity index (χ0n) is 12.3. The van der Waals surface area contributed by atoms with E-state index in [4.69, 9.17) is 4.74 Å². The van der Waals surface area contributed by atoms with E-state index in [-0.39, 0.29) is 12.1 Å².